The van der Waals surface area contributed by atoms with Gasteiger partial charge in [0, 0.05) is 11.0 Å². The van der Waals surface area contributed by atoms with E-state index in [-0.39, 0.29) is 24.9 Å². The largest absolute Gasteiger partial charge is 0.389 e. The third-order valence-corrected chi connectivity index (χ3v) is 4.06. The first-order valence-corrected chi connectivity index (χ1v) is 8.03. The molecule has 2 rings (SSSR count). The number of ether oxygens (including phenoxy) is 1. The number of aliphatic hydroxyl groups is 1. The Balaban J connectivity index is 1.77. The van der Waals surface area contributed by atoms with E-state index in [2.05, 4.69) is 21.2 Å². The summed E-state index contributed by atoms with van der Waals surface area (Å²) in [7, 11) is 0. The molecule has 0 bridgehead atoms. The van der Waals surface area contributed by atoms with Gasteiger partial charge >= 0.3 is 0 Å². The quantitative estimate of drug-likeness (QED) is 0.806. The lowest BCUT2D eigenvalue weighted by Gasteiger charge is -2.23. The highest BCUT2D eigenvalue weighted by Gasteiger charge is 2.16. The molecule has 1 unspecified atom stereocenters. The van der Waals surface area contributed by atoms with Crippen molar-refractivity contribution in [3.05, 3.63) is 28.2 Å². The second kappa shape index (κ2) is 8.06. The summed E-state index contributed by atoms with van der Waals surface area (Å²) < 4.78 is 33.2. The maximum Gasteiger partial charge on any atom is 0.150 e. The van der Waals surface area contributed by atoms with Crippen LogP contribution >= 0.6 is 15.9 Å². The summed E-state index contributed by atoms with van der Waals surface area (Å²) in [5.74, 6) is -1.38. The molecule has 118 valence electrons. The van der Waals surface area contributed by atoms with E-state index >= 15 is 0 Å². The molecule has 1 aliphatic rings. The van der Waals surface area contributed by atoms with Crippen molar-refractivity contribution in [2.75, 3.05) is 18.5 Å². The Labute approximate surface area is 131 Å². The maximum atomic E-state index is 13.6. The maximum absolute atomic E-state index is 13.6. The molecule has 0 amide bonds. The predicted octanol–water partition coefficient (Wildman–Crippen LogP) is 3.85. The van der Waals surface area contributed by atoms with Crippen LogP contribution in [0.2, 0.25) is 0 Å². The van der Waals surface area contributed by atoms with Crippen LogP contribution in [0.4, 0.5) is 14.5 Å². The highest BCUT2D eigenvalue weighted by atomic mass is 79.9. The lowest BCUT2D eigenvalue weighted by atomic mass is 9.98. The van der Waals surface area contributed by atoms with Gasteiger partial charge in [0.15, 0.2) is 0 Å². The van der Waals surface area contributed by atoms with Crippen molar-refractivity contribution >= 4 is 21.6 Å². The third kappa shape index (κ3) is 5.20. The van der Waals surface area contributed by atoms with Crippen LogP contribution in [-0.4, -0.2) is 30.5 Å². The van der Waals surface area contributed by atoms with E-state index in [9.17, 15) is 13.9 Å². The topological polar surface area (TPSA) is 41.5 Å². The van der Waals surface area contributed by atoms with Gasteiger partial charge in [0.1, 0.15) is 17.3 Å². The van der Waals surface area contributed by atoms with Gasteiger partial charge in [0.2, 0.25) is 0 Å². The van der Waals surface area contributed by atoms with Gasteiger partial charge in [-0.2, -0.15) is 0 Å². The first kappa shape index (κ1) is 16.6. The van der Waals surface area contributed by atoms with Crippen LogP contribution in [0.3, 0.4) is 0 Å². The van der Waals surface area contributed by atoms with E-state index in [0.29, 0.717) is 4.47 Å². The third-order valence-electron chi connectivity index (χ3n) is 3.60. The molecule has 1 fully saturated rings. The van der Waals surface area contributed by atoms with E-state index < -0.39 is 17.7 Å². The zero-order valence-corrected chi connectivity index (χ0v) is 13.3. The highest BCUT2D eigenvalue weighted by molar-refractivity contribution is 9.10. The fourth-order valence-electron chi connectivity index (χ4n) is 2.47. The van der Waals surface area contributed by atoms with E-state index in [4.69, 9.17) is 4.74 Å². The minimum atomic E-state index is -0.797. The van der Waals surface area contributed by atoms with Gasteiger partial charge in [-0.05, 0) is 25.0 Å². The Bertz CT molecular complexity index is 444. The normalized spacial score (nSPS) is 17.7. The minimum absolute atomic E-state index is 0.0438. The van der Waals surface area contributed by atoms with Crippen molar-refractivity contribution < 1.29 is 18.6 Å². The van der Waals surface area contributed by atoms with Crippen LogP contribution in [0.15, 0.2) is 16.6 Å². The van der Waals surface area contributed by atoms with Gasteiger partial charge in [-0.15, -0.1) is 0 Å². The molecule has 0 saturated heterocycles. The molecule has 6 heteroatoms. The summed E-state index contributed by atoms with van der Waals surface area (Å²) in [6, 6.07) is 2.35. The number of hydrogen-bond donors (Lipinski definition) is 2. The summed E-state index contributed by atoms with van der Waals surface area (Å²) >= 11 is 3.02. The number of hydrogen-bond acceptors (Lipinski definition) is 3. The molecule has 1 aromatic rings. The van der Waals surface area contributed by atoms with Crippen molar-refractivity contribution in [2.45, 2.75) is 44.3 Å². The van der Waals surface area contributed by atoms with Gasteiger partial charge in [0.05, 0.1) is 18.8 Å². The Morgan fingerprint density at radius 1 is 1.24 bits per heavy atom. The Morgan fingerprint density at radius 3 is 2.48 bits per heavy atom. The van der Waals surface area contributed by atoms with Crippen LogP contribution in [0.25, 0.3) is 0 Å². The minimum Gasteiger partial charge on any atom is -0.389 e. The SMILES string of the molecule is OC(CNc1c(F)cc(Br)cc1F)COC1CCCCC1. The monoisotopic (exact) mass is 363 g/mol. The van der Waals surface area contributed by atoms with Crippen molar-refractivity contribution in [3.8, 4) is 0 Å². The zero-order chi connectivity index (χ0) is 15.2. The summed E-state index contributed by atoms with van der Waals surface area (Å²) in [5.41, 5.74) is -0.227. The molecule has 0 radical (unpaired) electrons. The number of anilines is 1. The molecular formula is C15H20BrF2NO2. The lowest BCUT2D eigenvalue weighted by molar-refractivity contribution is -0.0195. The van der Waals surface area contributed by atoms with E-state index in [1.54, 1.807) is 0 Å². The van der Waals surface area contributed by atoms with Crippen LogP contribution in [-0.2, 0) is 4.74 Å². The molecule has 2 N–H and O–H groups in total. The molecule has 21 heavy (non-hydrogen) atoms. The standard InChI is InChI=1S/C15H20BrF2NO2/c16-10-6-13(17)15(14(18)7-10)19-8-11(20)9-21-12-4-2-1-3-5-12/h6-7,11-12,19-20H,1-5,8-9H2. The molecule has 1 atom stereocenters. The fourth-order valence-corrected chi connectivity index (χ4v) is 2.87. The number of benzene rings is 1. The zero-order valence-electron chi connectivity index (χ0n) is 11.7. The number of aliphatic hydroxyl groups excluding tert-OH is 1. The second-order valence-electron chi connectivity index (χ2n) is 5.37. The molecule has 1 saturated carbocycles. The van der Waals surface area contributed by atoms with Crippen LogP contribution in [0.5, 0.6) is 0 Å². The van der Waals surface area contributed by atoms with Gasteiger partial charge < -0.3 is 15.2 Å². The van der Waals surface area contributed by atoms with Gasteiger partial charge in [-0.3, -0.25) is 0 Å². The highest BCUT2D eigenvalue weighted by Crippen LogP contribution is 2.24. The fraction of sp³-hybridized carbons (Fsp3) is 0.600. The molecular weight excluding hydrogens is 344 g/mol. The summed E-state index contributed by atoms with van der Waals surface area (Å²) in [6.07, 6.45) is 5.02. The van der Waals surface area contributed by atoms with Gasteiger partial charge in [-0.25, -0.2) is 8.78 Å². The number of nitrogens with one attached hydrogen (secondary N) is 1. The first-order valence-electron chi connectivity index (χ1n) is 7.24. The van der Waals surface area contributed by atoms with Crippen LogP contribution in [0.1, 0.15) is 32.1 Å². The van der Waals surface area contributed by atoms with Crippen LogP contribution < -0.4 is 5.32 Å². The predicted molar refractivity (Wildman–Crippen MR) is 81.4 cm³/mol. The Kier molecular flexibility index (Phi) is 6.39. The molecule has 0 heterocycles. The Morgan fingerprint density at radius 2 is 1.86 bits per heavy atom. The number of rotatable bonds is 6. The summed E-state index contributed by atoms with van der Waals surface area (Å²) in [4.78, 5) is 0. The van der Waals surface area contributed by atoms with Crippen molar-refractivity contribution in [1.82, 2.24) is 0 Å². The molecule has 0 aromatic heterocycles. The van der Waals surface area contributed by atoms with Gasteiger partial charge in [-0.1, -0.05) is 35.2 Å². The van der Waals surface area contributed by atoms with E-state index in [1.165, 1.54) is 18.6 Å². The van der Waals surface area contributed by atoms with E-state index in [1.807, 2.05) is 0 Å². The van der Waals surface area contributed by atoms with Crippen LogP contribution in [0, 0.1) is 11.6 Å². The summed E-state index contributed by atoms with van der Waals surface area (Å²) in [5, 5.41) is 12.4. The second-order valence-corrected chi connectivity index (χ2v) is 6.29. The molecule has 1 aromatic carbocycles. The summed E-state index contributed by atoms with van der Waals surface area (Å²) in [6.45, 7) is 0.222. The smallest absolute Gasteiger partial charge is 0.150 e. The van der Waals surface area contributed by atoms with E-state index in [0.717, 1.165) is 25.7 Å². The Hall–Kier alpha value is -0.720. The average Bonchev–Trinajstić information content (AvgIpc) is 2.45. The van der Waals surface area contributed by atoms with Crippen molar-refractivity contribution in [3.63, 3.8) is 0 Å². The average molecular weight is 364 g/mol. The van der Waals surface area contributed by atoms with Gasteiger partial charge in [0.25, 0.3) is 0 Å². The number of halogens is 3. The molecule has 3 nitrogen and oxygen atoms in total. The first-order chi connectivity index (χ1) is 10.1. The molecule has 0 aliphatic heterocycles. The molecule has 1 aliphatic carbocycles. The van der Waals surface area contributed by atoms with Crippen molar-refractivity contribution in [1.29, 1.82) is 0 Å². The molecule has 0 spiro atoms. The van der Waals surface area contributed by atoms with Crippen molar-refractivity contribution in [2.24, 2.45) is 0 Å². The lowest BCUT2D eigenvalue weighted by Crippen LogP contribution is -2.29.